The molecular weight excluding hydrogens is 366 g/mol. The Hall–Kier alpha value is -2.11. The Bertz CT molecular complexity index is 840. The summed E-state index contributed by atoms with van der Waals surface area (Å²) in [7, 11) is 0. The van der Waals surface area contributed by atoms with E-state index in [1.54, 1.807) is 12.1 Å². The number of phenols is 1. The molecule has 110 valence electrons. The Morgan fingerprint density at radius 1 is 0.955 bits per heavy atom. The zero-order valence-corrected chi connectivity index (χ0v) is 13.6. The molecule has 3 rings (SSSR count). The van der Waals surface area contributed by atoms with Crippen LogP contribution in [0.5, 0.6) is 5.75 Å². The van der Waals surface area contributed by atoms with E-state index in [2.05, 4.69) is 25.9 Å². The molecule has 0 aliphatic carbocycles. The molecule has 1 heterocycles. The topological polar surface area (TPSA) is 72.0 Å². The quantitative estimate of drug-likeness (QED) is 0.690. The summed E-state index contributed by atoms with van der Waals surface area (Å²) < 4.78 is 0.486. The van der Waals surface area contributed by atoms with Gasteiger partial charge in [0.2, 0.25) is 0 Å². The number of rotatable bonds is 2. The first-order chi connectivity index (χ1) is 10.6. The largest absolute Gasteiger partial charge is 0.506 e. The second kappa shape index (κ2) is 5.94. The molecule has 0 aliphatic rings. The molecule has 0 saturated carbocycles. The molecule has 3 N–H and O–H groups in total. The molecule has 4 nitrogen and oxygen atoms in total. The fourth-order valence-corrected chi connectivity index (χ4v) is 2.53. The van der Waals surface area contributed by atoms with Crippen molar-refractivity contribution in [2.75, 3.05) is 5.73 Å². The third-order valence-electron chi connectivity index (χ3n) is 3.15. The smallest absolute Gasteiger partial charge is 0.157 e. The van der Waals surface area contributed by atoms with Crippen LogP contribution in [0.3, 0.4) is 0 Å². The highest BCUT2D eigenvalue weighted by molar-refractivity contribution is 9.10. The Morgan fingerprint density at radius 3 is 2.32 bits per heavy atom. The SMILES string of the molecule is Nc1nc(-c2ccc(O)c(Cl)c2)c(-c2ccccc2)nc1Br. The molecule has 0 amide bonds. The van der Waals surface area contributed by atoms with Gasteiger partial charge in [0, 0.05) is 11.1 Å². The highest BCUT2D eigenvalue weighted by atomic mass is 79.9. The summed E-state index contributed by atoms with van der Waals surface area (Å²) in [4.78, 5) is 8.91. The predicted molar refractivity (Wildman–Crippen MR) is 91.7 cm³/mol. The number of halogens is 2. The molecule has 1 aromatic heterocycles. The van der Waals surface area contributed by atoms with Gasteiger partial charge in [-0.2, -0.15) is 0 Å². The van der Waals surface area contributed by atoms with Gasteiger partial charge in [-0.25, -0.2) is 9.97 Å². The number of hydrogen-bond acceptors (Lipinski definition) is 4. The lowest BCUT2D eigenvalue weighted by Gasteiger charge is -2.11. The van der Waals surface area contributed by atoms with Crippen molar-refractivity contribution in [3.8, 4) is 28.3 Å². The minimum atomic E-state index is 0.0183. The molecule has 0 saturated heterocycles. The summed E-state index contributed by atoms with van der Waals surface area (Å²) >= 11 is 9.31. The van der Waals surface area contributed by atoms with Crippen molar-refractivity contribution >= 4 is 33.3 Å². The highest BCUT2D eigenvalue weighted by Gasteiger charge is 2.15. The van der Waals surface area contributed by atoms with Gasteiger partial charge in [0.15, 0.2) is 5.82 Å². The summed E-state index contributed by atoms with van der Waals surface area (Å²) in [6.45, 7) is 0. The second-order valence-electron chi connectivity index (χ2n) is 4.63. The van der Waals surface area contributed by atoms with Crippen LogP contribution >= 0.6 is 27.5 Å². The van der Waals surface area contributed by atoms with E-state index in [4.69, 9.17) is 17.3 Å². The van der Waals surface area contributed by atoms with Gasteiger partial charge < -0.3 is 10.8 Å². The third kappa shape index (κ3) is 2.77. The van der Waals surface area contributed by atoms with E-state index >= 15 is 0 Å². The van der Waals surface area contributed by atoms with Crippen molar-refractivity contribution < 1.29 is 5.11 Å². The number of aromatic hydroxyl groups is 1. The standard InChI is InChI=1S/C16H11BrClN3O/c17-15-16(19)21-14(10-6-7-12(22)11(18)8-10)13(20-15)9-4-2-1-3-5-9/h1-8,22H,(H2,19,21). The fraction of sp³-hybridized carbons (Fsp3) is 0. The van der Waals surface area contributed by atoms with Crippen LogP contribution in [0, 0.1) is 0 Å². The lowest BCUT2D eigenvalue weighted by Crippen LogP contribution is -2.00. The summed E-state index contributed by atoms with van der Waals surface area (Å²) in [6.07, 6.45) is 0. The minimum absolute atomic E-state index is 0.0183. The molecule has 0 spiro atoms. The van der Waals surface area contributed by atoms with Crippen molar-refractivity contribution in [2.45, 2.75) is 0 Å². The van der Waals surface area contributed by atoms with Crippen molar-refractivity contribution in [3.63, 3.8) is 0 Å². The van der Waals surface area contributed by atoms with Crippen LogP contribution in [-0.2, 0) is 0 Å². The molecule has 0 unspecified atom stereocenters. The van der Waals surface area contributed by atoms with Crippen LogP contribution in [0.2, 0.25) is 5.02 Å². The average Bonchev–Trinajstić information content (AvgIpc) is 2.53. The van der Waals surface area contributed by atoms with Crippen molar-refractivity contribution in [3.05, 3.63) is 58.2 Å². The molecule has 0 atom stereocenters. The first-order valence-corrected chi connectivity index (χ1v) is 7.60. The number of nitrogens with two attached hydrogens (primary N) is 1. The molecule has 3 aromatic rings. The predicted octanol–water partition coefficient (Wildman–Crippen LogP) is 4.51. The third-order valence-corrected chi connectivity index (χ3v) is 4.03. The minimum Gasteiger partial charge on any atom is -0.506 e. The zero-order valence-electron chi connectivity index (χ0n) is 11.3. The van der Waals surface area contributed by atoms with E-state index in [-0.39, 0.29) is 10.8 Å². The van der Waals surface area contributed by atoms with Gasteiger partial charge in [0.05, 0.1) is 16.4 Å². The number of benzene rings is 2. The summed E-state index contributed by atoms with van der Waals surface area (Å²) in [5.41, 5.74) is 8.80. The maximum absolute atomic E-state index is 9.58. The van der Waals surface area contributed by atoms with E-state index in [9.17, 15) is 5.11 Å². The monoisotopic (exact) mass is 375 g/mol. The van der Waals surface area contributed by atoms with Gasteiger partial charge in [-0.15, -0.1) is 0 Å². The normalized spacial score (nSPS) is 10.6. The van der Waals surface area contributed by atoms with Gasteiger partial charge in [-0.3, -0.25) is 0 Å². The van der Waals surface area contributed by atoms with Crippen LogP contribution in [0.4, 0.5) is 5.82 Å². The van der Waals surface area contributed by atoms with Crippen LogP contribution in [0.1, 0.15) is 0 Å². The second-order valence-corrected chi connectivity index (χ2v) is 5.79. The Kier molecular flexibility index (Phi) is 4.00. The summed E-state index contributed by atoms with van der Waals surface area (Å²) in [5.74, 6) is 0.309. The van der Waals surface area contributed by atoms with Crippen LogP contribution in [0.25, 0.3) is 22.5 Å². The van der Waals surface area contributed by atoms with Crippen LogP contribution < -0.4 is 5.73 Å². The van der Waals surface area contributed by atoms with Gasteiger partial charge in [0.25, 0.3) is 0 Å². The van der Waals surface area contributed by atoms with E-state index in [0.717, 1.165) is 11.1 Å². The number of nitrogen functional groups attached to an aromatic ring is 1. The highest BCUT2D eigenvalue weighted by Crippen LogP contribution is 2.35. The molecule has 22 heavy (non-hydrogen) atoms. The first-order valence-electron chi connectivity index (χ1n) is 6.43. The summed E-state index contributed by atoms with van der Waals surface area (Å²) in [6, 6.07) is 14.6. The van der Waals surface area contributed by atoms with Crippen molar-refractivity contribution in [2.24, 2.45) is 0 Å². The van der Waals surface area contributed by atoms with Gasteiger partial charge in [0.1, 0.15) is 10.4 Å². The maximum Gasteiger partial charge on any atom is 0.157 e. The van der Waals surface area contributed by atoms with Gasteiger partial charge >= 0.3 is 0 Å². The zero-order chi connectivity index (χ0) is 15.7. The van der Waals surface area contributed by atoms with E-state index in [1.165, 1.54) is 6.07 Å². The average molecular weight is 377 g/mol. The van der Waals surface area contributed by atoms with E-state index < -0.39 is 0 Å². The van der Waals surface area contributed by atoms with Gasteiger partial charge in [-0.05, 0) is 34.1 Å². The lowest BCUT2D eigenvalue weighted by atomic mass is 10.0. The molecule has 0 fully saturated rings. The van der Waals surface area contributed by atoms with Gasteiger partial charge in [-0.1, -0.05) is 41.9 Å². The first kappa shape index (κ1) is 14.8. The fourth-order valence-electron chi connectivity index (χ4n) is 2.08. The van der Waals surface area contributed by atoms with E-state index in [0.29, 0.717) is 21.8 Å². The van der Waals surface area contributed by atoms with Crippen molar-refractivity contribution in [1.82, 2.24) is 9.97 Å². The molecule has 6 heteroatoms. The molecule has 0 radical (unpaired) electrons. The number of nitrogens with zero attached hydrogens (tertiary/aromatic N) is 2. The number of aromatic nitrogens is 2. The molecule has 2 aromatic carbocycles. The molecular formula is C16H11BrClN3O. The van der Waals surface area contributed by atoms with E-state index in [1.807, 2.05) is 30.3 Å². The molecule has 0 aliphatic heterocycles. The van der Waals surface area contributed by atoms with Crippen LogP contribution in [0.15, 0.2) is 53.1 Å². The lowest BCUT2D eigenvalue weighted by molar-refractivity contribution is 0.475. The summed E-state index contributed by atoms with van der Waals surface area (Å²) in [5, 5.41) is 9.83. The number of anilines is 1. The van der Waals surface area contributed by atoms with Crippen molar-refractivity contribution in [1.29, 1.82) is 0 Å². The Morgan fingerprint density at radius 2 is 1.64 bits per heavy atom. The Balaban J connectivity index is 2.26. The molecule has 0 bridgehead atoms. The number of hydrogen-bond donors (Lipinski definition) is 2. The van der Waals surface area contributed by atoms with Crippen LogP contribution in [-0.4, -0.2) is 15.1 Å². The maximum atomic E-state index is 9.58. The Labute approximate surface area is 140 Å². The number of phenolic OH excluding ortho intramolecular Hbond substituents is 1.